The maximum Gasteiger partial charge on any atom is 0.303 e. The van der Waals surface area contributed by atoms with Crippen molar-refractivity contribution in [3.63, 3.8) is 0 Å². The monoisotopic (exact) mass is 306 g/mol. The minimum Gasteiger partial charge on any atom is -0.481 e. The summed E-state index contributed by atoms with van der Waals surface area (Å²) in [6, 6.07) is 0.0523. The highest BCUT2D eigenvalue weighted by Gasteiger charge is 2.32. The van der Waals surface area contributed by atoms with Crippen LogP contribution in [0.1, 0.15) is 58.8 Å². The number of hydrogen-bond donors (Lipinski definition) is 2. The average molecular weight is 306 g/mol. The highest BCUT2D eigenvalue weighted by molar-refractivity contribution is 7.87. The lowest BCUT2D eigenvalue weighted by atomic mass is 9.96. The Morgan fingerprint density at radius 3 is 2.35 bits per heavy atom. The molecule has 0 aromatic rings. The van der Waals surface area contributed by atoms with E-state index in [1.807, 2.05) is 0 Å². The van der Waals surface area contributed by atoms with Gasteiger partial charge in [-0.25, -0.2) is 0 Å². The molecule has 1 fully saturated rings. The molecule has 1 aliphatic carbocycles. The number of rotatable bonds is 7. The first-order valence-corrected chi connectivity index (χ1v) is 8.57. The van der Waals surface area contributed by atoms with Gasteiger partial charge in [-0.15, -0.1) is 0 Å². The van der Waals surface area contributed by atoms with Gasteiger partial charge in [0.25, 0.3) is 10.2 Å². The van der Waals surface area contributed by atoms with Crippen molar-refractivity contribution in [3.8, 4) is 0 Å². The molecule has 0 spiro atoms. The molecule has 2 N–H and O–H groups in total. The predicted octanol–water partition coefficient (Wildman–Crippen LogP) is 1.73. The van der Waals surface area contributed by atoms with E-state index in [9.17, 15) is 13.2 Å². The van der Waals surface area contributed by atoms with Crippen LogP contribution in [0.3, 0.4) is 0 Å². The predicted molar refractivity (Wildman–Crippen MR) is 77.6 cm³/mol. The number of hydrogen-bond acceptors (Lipinski definition) is 3. The van der Waals surface area contributed by atoms with Gasteiger partial charge in [0.1, 0.15) is 0 Å². The van der Waals surface area contributed by atoms with Crippen LogP contribution in [0.4, 0.5) is 0 Å². The molecule has 0 aliphatic heterocycles. The summed E-state index contributed by atoms with van der Waals surface area (Å²) >= 11 is 0. The highest BCUT2D eigenvalue weighted by atomic mass is 32.2. The van der Waals surface area contributed by atoms with E-state index in [0.29, 0.717) is 0 Å². The Labute approximate surface area is 121 Å². The third kappa shape index (κ3) is 5.38. The number of carboxylic acid groups (broad SMARTS) is 1. The standard InChI is InChI=1S/C13H26N2O4S/c1-13(2,10-9-12(16)17)14-20(18,19)15(3)11-7-5-4-6-8-11/h11,14H,4-10H2,1-3H3,(H,16,17). The number of carboxylic acids is 1. The molecule has 7 heteroatoms. The summed E-state index contributed by atoms with van der Waals surface area (Å²) in [6.07, 6.45) is 5.30. The summed E-state index contributed by atoms with van der Waals surface area (Å²) in [5, 5.41) is 8.70. The van der Waals surface area contributed by atoms with Crippen molar-refractivity contribution in [2.45, 2.75) is 70.4 Å². The Bertz CT molecular complexity index is 428. The van der Waals surface area contributed by atoms with Crippen LogP contribution >= 0.6 is 0 Å². The van der Waals surface area contributed by atoms with E-state index in [-0.39, 0.29) is 18.9 Å². The molecule has 0 bridgehead atoms. The highest BCUT2D eigenvalue weighted by Crippen LogP contribution is 2.24. The van der Waals surface area contributed by atoms with Crippen LogP contribution in [-0.2, 0) is 15.0 Å². The van der Waals surface area contributed by atoms with Crippen molar-refractivity contribution in [2.75, 3.05) is 7.05 Å². The molecule has 0 atom stereocenters. The maximum atomic E-state index is 12.4. The van der Waals surface area contributed by atoms with Gasteiger partial charge in [-0.1, -0.05) is 19.3 Å². The third-order valence-electron chi connectivity index (χ3n) is 3.84. The van der Waals surface area contributed by atoms with Gasteiger partial charge in [0.15, 0.2) is 0 Å². The van der Waals surface area contributed by atoms with Gasteiger partial charge in [-0.2, -0.15) is 17.4 Å². The zero-order chi connectivity index (χ0) is 15.4. The first-order valence-electron chi connectivity index (χ1n) is 7.13. The quantitative estimate of drug-likeness (QED) is 0.750. The Kier molecular flexibility index (Phi) is 5.97. The van der Waals surface area contributed by atoms with E-state index >= 15 is 0 Å². The van der Waals surface area contributed by atoms with Crippen molar-refractivity contribution < 1.29 is 18.3 Å². The van der Waals surface area contributed by atoms with E-state index in [1.54, 1.807) is 20.9 Å². The normalized spacial score (nSPS) is 18.4. The van der Waals surface area contributed by atoms with Gasteiger partial charge >= 0.3 is 5.97 Å². The number of aliphatic carboxylic acids is 1. The fraction of sp³-hybridized carbons (Fsp3) is 0.923. The van der Waals surface area contributed by atoms with Crippen LogP contribution < -0.4 is 4.72 Å². The molecule has 0 unspecified atom stereocenters. The molecule has 1 aliphatic rings. The molecule has 0 radical (unpaired) electrons. The van der Waals surface area contributed by atoms with Gasteiger partial charge < -0.3 is 5.11 Å². The fourth-order valence-electron chi connectivity index (χ4n) is 2.53. The molecular formula is C13H26N2O4S. The van der Waals surface area contributed by atoms with Crippen LogP contribution in [0.5, 0.6) is 0 Å². The Balaban J connectivity index is 2.64. The van der Waals surface area contributed by atoms with Gasteiger partial charge in [0.05, 0.1) is 0 Å². The van der Waals surface area contributed by atoms with Crippen molar-refractivity contribution in [2.24, 2.45) is 0 Å². The molecule has 0 heterocycles. The van der Waals surface area contributed by atoms with Gasteiger partial charge in [-0.3, -0.25) is 4.79 Å². The SMILES string of the molecule is CN(C1CCCCC1)S(=O)(=O)NC(C)(C)CCC(=O)O. The summed E-state index contributed by atoms with van der Waals surface area (Å²) in [5.41, 5.74) is -0.764. The van der Waals surface area contributed by atoms with E-state index in [4.69, 9.17) is 5.11 Å². The minimum atomic E-state index is -3.58. The Morgan fingerprint density at radius 2 is 1.85 bits per heavy atom. The Hall–Kier alpha value is -0.660. The van der Waals surface area contributed by atoms with Crippen LogP contribution in [0.25, 0.3) is 0 Å². The van der Waals surface area contributed by atoms with Crippen LogP contribution in [0.15, 0.2) is 0 Å². The number of nitrogens with zero attached hydrogens (tertiary/aromatic N) is 1. The van der Waals surface area contributed by atoms with Crippen molar-refractivity contribution in [1.82, 2.24) is 9.03 Å². The van der Waals surface area contributed by atoms with Crippen LogP contribution in [0.2, 0.25) is 0 Å². The topological polar surface area (TPSA) is 86.7 Å². The molecule has 1 rings (SSSR count). The second-order valence-electron chi connectivity index (χ2n) is 6.19. The number of carbonyl (C=O) groups is 1. The zero-order valence-corrected chi connectivity index (χ0v) is 13.4. The summed E-state index contributed by atoms with van der Waals surface area (Å²) in [7, 11) is -1.97. The molecular weight excluding hydrogens is 280 g/mol. The first kappa shape index (κ1) is 17.4. The average Bonchev–Trinajstić information content (AvgIpc) is 2.35. The lowest BCUT2D eigenvalue weighted by molar-refractivity contribution is -0.137. The van der Waals surface area contributed by atoms with Crippen molar-refractivity contribution >= 4 is 16.2 Å². The molecule has 0 amide bonds. The third-order valence-corrected chi connectivity index (χ3v) is 5.70. The fourth-order valence-corrected chi connectivity index (χ4v) is 4.08. The second kappa shape index (κ2) is 6.87. The largest absolute Gasteiger partial charge is 0.481 e. The van der Waals surface area contributed by atoms with Crippen LogP contribution in [-0.4, -0.2) is 42.4 Å². The molecule has 6 nitrogen and oxygen atoms in total. The second-order valence-corrected chi connectivity index (χ2v) is 7.92. The van der Waals surface area contributed by atoms with Crippen molar-refractivity contribution in [1.29, 1.82) is 0 Å². The van der Waals surface area contributed by atoms with E-state index in [0.717, 1.165) is 25.7 Å². The number of nitrogens with one attached hydrogen (secondary N) is 1. The van der Waals surface area contributed by atoms with E-state index in [1.165, 1.54) is 10.7 Å². The van der Waals surface area contributed by atoms with Gasteiger partial charge in [0, 0.05) is 25.0 Å². The molecule has 0 aromatic heterocycles. The summed E-state index contributed by atoms with van der Waals surface area (Å²) < 4.78 is 28.7. The van der Waals surface area contributed by atoms with Gasteiger partial charge in [0.2, 0.25) is 0 Å². The smallest absolute Gasteiger partial charge is 0.303 e. The van der Waals surface area contributed by atoms with E-state index < -0.39 is 21.7 Å². The first-order chi connectivity index (χ1) is 9.14. The van der Waals surface area contributed by atoms with Crippen molar-refractivity contribution in [3.05, 3.63) is 0 Å². The molecule has 0 saturated heterocycles. The lowest BCUT2D eigenvalue weighted by Gasteiger charge is -2.34. The summed E-state index contributed by atoms with van der Waals surface area (Å²) in [6.45, 7) is 3.42. The van der Waals surface area contributed by atoms with Crippen LogP contribution in [0, 0.1) is 0 Å². The maximum absolute atomic E-state index is 12.4. The lowest BCUT2D eigenvalue weighted by Crippen LogP contribution is -2.52. The summed E-state index contributed by atoms with van der Waals surface area (Å²) in [5.74, 6) is -0.919. The molecule has 20 heavy (non-hydrogen) atoms. The van der Waals surface area contributed by atoms with E-state index in [2.05, 4.69) is 4.72 Å². The summed E-state index contributed by atoms with van der Waals surface area (Å²) in [4.78, 5) is 10.6. The minimum absolute atomic E-state index is 0.0523. The molecule has 1 saturated carbocycles. The Morgan fingerprint density at radius 1 is 1.30 bits per heavy atom. The zero-order valence-electron chi connectivity index (χ0n) is 12.6. The molecule has 0 aromatic carbocycles. The molecule has 118 valence electrons. The van der Waals surface area contributed by atoms with Gasteiger partial charge in [-0.05, 0) is 33.1 Å².